The summed E-state index contributed by atoms with van der Waals surface area (Å²) in [4.78, 5) is 12.1. The van der Waals surface area contributed by atoms with Gasteiger partial charge >= 0.3 is 5.97 Å². The van der Waals surface area contributed by atoms with E-state index in [-0.39, 0.29) is 35.4 Å². The Morgan fingerprint density at radius 2 is 1.69 bits per heavy atom. The largest absolute Gasteiger partial charge is 0.466 e. The predicted molar refractivity (Wildman–Crippen MR) is 142 cm³/mol. The van der Waals surface area contributed by atoms with Gasteiger partial charge in [-0.25, -0.2) is 0 Å². The van der Waals surface area contributed by atoms with Gasteiger partial charge in [-0.15, -0.1) is 0 Å². The molecule has 0 radical (unpaired) electrons. The first kappa shape index (κ1) is 28.4. The van der Waals surface area contributed by atoms with E-state index in [4.69, 9.17) is 4.74 Å². The Bertz CT molecular complexity index is 775. The minimum Gasteiger partial charge on any atom is -0.466 e. The van der Waals surface area contributed by atoms with Crippen LogP contribution in [0.3, 0.4) is 0 Å². The van der Waals surface area contributed by atoms with E-state index in [0.29, 0.717) is 54.5 Å². The molecule has 11 atom stereocenters. The molecule has 0 amide bonds. The summed E-state index contributed by atoms with van der Waals surface area (Å²) >= 11 is 0. The molecule has 0 spiro atoms. The molecule has 0 aromatic carbocycles. The molecular weight excluding hydrogens is 452 g/mol. The van der Waals surface area contributed by atoms with Gasteiger partial charge in [0.05, 0.1) is 24.4 Å². The maximum absolute atomic E-state index is 12.1. The van der Waals surface area contributed by atoms with Crippen LogP contribution in [0.15, 0.2) is 0 Å². The van der Waals surface area contributed by atoms with E-state index in [1.807, 2.05) is 0 Å². The molecule has 4 saturated carbocycles. The quantitative estimate of drug-likeness (QED) is 0.366. The summed E-state index contributed by atoms with van der Waals surface area (Å²) in [6.45, 7) is 13.5. The van der Waals surface area contributed by atoms with Gasteiger partial charge in [0, 0.05) is 6.42 Å². The van der Waals surface area contributed by atoms with Crippen LogP contribution in [-0.2, 0) is 9.53 Å². The maximum Gasteiger partial charge on any atom is 0.305 e. The Labute approximate surface area is 219 Å². The van der Waals surface area contributed by atoms with Crippen molar-refractivity contribution < 1.29 is 24.9 Å². The molecule has 5 heteroatoms. The van der Waals surface area contributed by atoms with E-state index in [9.17, 15) is 20.1 Å². The summed E-state index contributed by atoms with van der Waals surface area (Å²) in [6, 6.07) is 0. The molecule has 0 aromatic heterocycles. The summed E-state index contributed by atoms with van der Waals surface area (Å²) < 4.78 is 5.54. The summed E-state index contributed by atoms with van der Waals surface area (Å²) in [7, 11) is 0. The molecule has 5 nitrogen and oxygen atoms in total. The Balaban J connectivity index is 1.42. The van der Waals surface area contributed by atoms with Crippen LogP contribution in [0.1, 0.15) is 112 Å². The lowest BCUT2D eigenvalue weighted by Gasteiger charge is -2.64. The average Bonchev–Trinajstić information content (AvgIpc) is 3.16. The normalized spacial score (nSPS) is 45.4. The van der Waals surface area contributed by atoms with Crippen LogP contribution in [0.5, 0.6) is 0 Å². The zero-order chi connectivity index (χ0) is 26.5. The van der Waals surface area contributed by atoms with Crippen molar-refractivity contribution in [2.24, 2.45) is 52.3 Å². The van der Waals surface area contributed by atoms with Crippen LogP contribution in [0.2, 0.25) is 0 Å². The molecule has 4 aliphatic rings. The summed E-state index contributed by atoms with van der Waals surface area (Å²) in [5.74, 6) is 3.11. The fraction of sp³-hybridized carbons (Fsp3) is 0.968. The van der Waals surface area contributed by atoms with Gasteiger partial charge in [0.25, 0.3) is 0 Å². The first-order valence-electron chi connectivity index (χ1n) is 15.1. The average molecular weight is 507 g/mol. The molecule has 0 heterocycles. The van der Waals surface area contributed by atoms with Crippen molar-refractivity contribution in [1.29, 1.82) is 0 Å². The highest BCUT2D eigenvalue weighted by molar-refractivity contribution is 5.69. The molecule has 0 aromatic rings. The molecule has 4 rings (SSSR count). The van der Waals surface area contributed by atoms with Gasteiger partial charge in [0.15, 0.2) is 0 Å². The third kappa shape index (κ3) is 5.15. The van der Waals surface area contributed by atoms with Gasteiger partial charge in [-0.2, -0.15) is 0 Å². The van der Waals surface area contributed by atoms with E-state index < -0.39 is 5.60 Å². The Kier molecular flexibility index (Phi) is 8.26. The first-order chi connectivity index (χ1) is 16.8. The van der Waals surface area contributed by atoms with Crippen molar-refractivity contribution >= 4 is 5.97 Å². The minimum absolute atomic E-state index is 0.198. The van der Waals surface area contributed by atoms with E-state index in [1.54, 1.807) is 13.8 Å². The van der Waals surface area contributed by atoms with Crippen molar-refractivity contribution in [2.75, 3.05) is 6.61 Å². The van der Waals surface area contributed by atoms with E-state index in [1.165, 1.54) is 25.7 Å². The first-order valence-corrected chi connectivity index (χ1v) is 15.1. The number of rotatable bonds is 8. The monoisotopic (exact) mass is 506 g/mol. The lowest BCUT2D eigenvalue weighted by Crippen LogP contribution is -2.62. The summed E-state index contributed by atoms with van der Waals surface area (Å²) in [5, 5.41) is 32.2. The molecule has 0 unspecified atom stereocenters. The van der Waals surface area contributed by atoms with Crippen LogP contribution in [0, 0.1) is 52.3 Å². The number of carbonyl (C=O) groups is 1. The second-order valence-corrected chi connectivity index (χ2v) is 14.4. The lowest BCUT2D eigenvalue weighted by molar-refractivity contribution is -0.203. The molecular formula is C31H54O5. The van der Waals surface area contributed by atoms with Crippen LogP contribution in [0.4, 0.5) is 0 Å². The number of fused-ring (bicyclic) bond motifs is 5. The van der Waals surface area contributed by atoms with Gasteiger partial charge in [0.1, 0.15) is 0 Å². The Morgan fingerprint density at radius 1 is 1.03 bits per heavy atom. The van der Waals surface area contributed by atoms with E-state index >= 15 is 0 Å². The Hall–Kier alpha value is -0.650. The second-order valence-electron chi connectivity index (χ2n) is 14.4. The molecule has 4 fully saturated rings. The topological polar surface area (TPSA) is 87.0 Å². The van der Waals surface area contributed by atoms with Crippen molar-refractivity contribution in [2.45, 2.75) is 130 Å². The highest BCUT2D eigenvalue weighted by atomic mass is 16.5. The second kappa shape index (κ2) is 10.5. The highest BCUT2D eigenvalue weighted by Crippen LogP contribution is 2.69. The number of hydrogen-bond acceptors (Lipinski definition) is 5. The van der Waals surface area contributed by atoms with E-state index in [2.05, 4.69) is 27.7 Å². The van der Waals surface area contributed by atoms with Gasteiger partial charge in [-0.1, -0.05) is 34.1 Å². The van der Waals surface area contributed by atoms with Crippen molar-refractivity contribution in [3.63, 3.8) is 0 Å². The molecule has 0 saturated heterocycles. The highest BCUT2D eigenvalue weighted by Gasteiger charge is 2.64. The third-order valence-electron chi connectivity index (χ3n) is 11.9. The number of esters is 1. The molecule has 0 bridgehead atoms. The maximum atomic E-state index is 12.1. The van der Waals surface area contributed by atoms with Gasteiger partial charge < -0.3 is 20.1 Å². The van der Waals surface area contributed by atoms with Crippen molar-refractivity contribution in [1.82, 2.24) is 0 Å². The van der Waals surface area contributed by atoms with Crippen LogP contribution < -0.4 is 0 Å². The number of carbonyl (C=O) groups excluding carboxylic acids is 1. The number of aliphatic hydroxyl groups is 3. The van der Waals surface area contributed by atoms with Gasteiger partial charge in [-0.3, -0.25) is 4.79 Å². The summed E-state index contributed by atoms with van der Waals surface area (Å²) in [6.07, 6.45) is 9.84. The predicted octanol–water partition coefficient (Wildman–Crippen LogP) is 5.73. The van der Waals surface area contributed by atoms with Crippen LogP contribution in [-0.4, -0.2) is 45.7 Å². The molecule has 4 aliphatic carbocycles. The SMILES string of the molecule is CC[C@H]1[C@@H](O)[C@@H]2[C@H](CC[C@]3(C)[C@@H]([C@H](C)CCOC(=O)CCC(C)(C)O)CC[C@@H]23)[C@@]2(C)CC[C@@H](O)C[C@@H]12. The molecule has 3 N–H and O–H groups in total. The zero-order valence-electron chi connectivity index (χ0n) is 23.8. The number of ether oxygens (including phenoxy) is 1. The number of hydrogen-bond donors (Lipinski definition) is 3. The van der Waals surface area contributed by atoms with E-state index in [0.717, 1.165) is 32.1 Å². The number of aliphatic hydroxyl groups excluding tert-OH is 2. The van der Waals surface area contributed by atoms with Crippen molar-refractivity contribution in [3.05, 3.63) is 0 Å². The Morgan fingerprint density at radius 3 is 2.36 bits per heavy atom. The minimum atomic E-state index is -0.840. The summed E-state index contributed by atoms with van der Waals surface area (Å²) in [5.41, 5.74) is -0.359. The van der Waals surface area contributed by atoms with Gasteiger partial charge in [-0.05, 0) is 124 Å². The fourth-order valence-electron chi connectivity index (χ4n) is 9.97. The molecule has 208 valence electrons. The van der Waals surface area contributed by atoms with Gasteiger partial charge in [0.2, 0.25) is 0 Å². The molecule has 0 aliphatic heterocycles. The van der Waals surface area contributed by atoms with Crippen LogP contribution in [0.25, 0.3) is 0 Å². The zero-order valence-corrected chi connectivity index (χ0v) is 23.8. The standard InChI is InChI=1S/C31H54O5/c1-7-21-25-18-20(32)10-15-31(25,6)24-11-16-30(5)22(8-9-23(30)27(24)28(21)34)19(2)13-17-36-26(33)12-14-29(3,4)35/h19-25,27-28,32,34-35H,7-18H2,1-6H3/t19-,20-,21-,22-,23+,24+,25+,27+,28-,30-,31-/m1/s1. The van der Waals surface area contributed by atoms with Crippen molar-refractivity contribution in [3.8, 4) is 0 Å². The smallest absolute Gasteiger partial charge is 0.305 e. The molecule has 36 heavy (non-hydrogen) atoms. The third-order valence-corrected chi connectivity index (χ3v) is 11.9. The lowest BCUT2D eigenvalue weighted by atomic mass is 9.41. The fourth-order valence-corrected chi connectivity index (χ4v) is 9.97. The van der Waals surface area contributed by atoms with Crippen LogP contribution >= 0.6 is 0 Å².